The number of nitrogens with one attached hydrogen (secondary N) is 1. The predicted octanol–water partition coefficient (Wildman–Crippen LogP) is 1.41. The molecule has 0 aliphatic carbocycles. The van der Waals surface area contributed by atoms with E-state index in [4.69, 9.17) is 10.3 Å². The van der Waals surface area contributed by atoms with E-state index in [9.17, 15) is 0 Å². The van der Waals surface area contributed by atoms with Crippen molar-refractivity contribution in [3.05, 3.63) is 17.7 Å². The molecule has 2 aromatic rings. The highest BCUT2D eigenvalue weighted by molar-refractivity contribution is 7.98. The van der Waals surface area contributed by atoms with Crippen LogP contribution in [-0.2, 0) is 5.75 Å². The van der Waals surface area contributed by atoms with Gasteiger partial charge in [0.1, 0.15) is 17.0 Å². The van der Waals surface area contributed by atoms with Crippen LogP contribution >= 0.6 is 23.3 Å². The fraction of sp³-hybridized carbons (Fsp3) is 0.286. The van der Waals surface area contributed by atoms with Crippen molar-refractivity contribution in [2.45, 2.75) is 17.9 Å². The van der Waals surface area contributed by atoms with Crippen molar-refractivity contribution in [1.29, 1.82) is 0 Å². The Balaban J connectivity index is 1.98. The van der Waals surface area contributed by atoms with Gasteiger partial charge in [0.2, 0.25) is 0 Å². The van der Waals surface area contributed by atoms with Crippen LogP contribution in [0.2, 0.25) is 0 Å². The number of hydrogen-bond acceptors (Lipinski definition) is 8. The Kier molecular flexibility index (Phi) is 3.19. The van der Waals surface area contributed by atoms with Crippen LogP contribution in [0.3, 0.4) is 0 Å². The molecule has 0 unspecified atom stereocenters. The summed E-state index contributed by atoms with van der Waals surface area (Å²) in [6.45, 7) is 1.88. The van der Waals surface area contributed by atoms with Gasteiger partial charge >= 0.3 is 0 Å². The fourth-order valence-electron chi connectivity index (χ4n) is 0.941. The highest BCUT2D eigenvalue weighted by Crippen LogP contribution is 2.25. The number of nitrogens with two attached hydrogens (primary N) is 1. The molecule has 0 amide bonds. The lowest BCUT2D eigenvalue weighted by atomic mass is 10.5. The normalized spacial score (nSPS) is 10.5. The van der Waals surface area contributed by atoms with E-state index in [1.807, 2.05) is 6.92 Å². The maximum atomic E-state index is 5.30. The van der Waals surface area contributed by atoms with Crippen molar-refractivity contribution >= 4 is 28.3 Å². The summed E-state index contributed by atoms with van der Waals surface area (Å²) in [6.07, 6.45) is 1.61. The molecule has 0 saturated carbocycles. The summed E-state index contributed by atoms with van der Waals surface area (Å²) >= 11 is 2.69. The summed E-state index contributed by atoms with van der Waals surface area (Å²) in [5, 5.41) is 5.34. The monoisotopic (exact) mass is 243 g/mol. The molecule has 2 heterocycles. The topological polar surface area (TPSA) is 89.9 Å². The van der Waals surface area contributed by atoms with E-state index in [1.54, 1.807) is 6.26 Å². The second kappa shape index (κ2) is 4.60. The van der Waals surface area contributed by atoms with E-state index in [-0.39, 0.29) is 0 Å². The Morgan fingerprint density at radius 2 is 2.53 bits per heavy atom. The molecule has 0 aliphatic rings. The molecular weight excluding hydrogens is 234 g/mol. The maximum absolute atomic E-state index is 5.30. The second-order valence-corrected chi connectivity index (χ2v) is 4.42. The van der Waals surface area contributed by atoms with Gasteiger partial charge < -0.3 is 9.84 Å². The lowest BCUT2D eigenvalue weighted by Crippen LogP contribution is -2.06. The minimum Gasteiger partial charge on any atom is -0.440 e. The van der Waals surface area contributed by atoms with Gasteiger partial charge in [0.05, 0.1) is 11.4 Å². The van der Waals surface area contributed by atoms with Gasteiger partial charge in [0.25, 0.3) is 5.22 Å². The zero-order valence-corrected chi connectivity index (χ0v) is 9.56. The number of nitrogen functional groups attached to an aromatic ring is 1. The van der Waals surface area contributed by atoms with Crippen LogP contribution in [0.1, 0.15) is 11.4 Å². The molecule has 0 fully saturated rings. The molecule has 6 nitrogen and oxygen atoms in total. The number of hydrogen-bond donors (Lipinski definition) is 2. The minimum atomic E-state index is 0.628. The van der Waals surface area contributed by atoms with Crippen LogP contribution in [0.25, 0.3) is 0 Å². The molecule has 15 heavy (non-hydrogen) atoms. The fourth-order valence-corrected chi connectivity index (χ4v) is 2.31. The Hall–Kier alpha value is -1.12. The molecular formula is C7H9N5OS2. The van der Waals surface area contributed by atoms with E-state index < -0.39 is 0 Å². The van der Waals surface area contributed by atoms with Crippen LogP contribution in [0, 0.1) is 6.92 Å². The molecule has 0 aromatic carbocycles. The van der Waals surface area contributed by atoms with Gasteiger partial charge in [-0.2, -0.15) is 0 Å². The summed E-state index contributed by atoms with van der Waals surface area (Å²) in [5.41, 5.74) is 4.22. The number of thioether (sulfide) groups is 1. The predicted molar refractivity (Wildman–Crippen MR) is 58.5 cm³/mol. The van der Waals surface area contributed by atoms with Crippen LogP contribution < -0.4 is 11.3 Å². The molecule has 0 aliphatic heterocycles. The number of nitrogens with zero attached hydrogens (tertiary/aromatic N) is 3. The van der Waals surface area contributed by atoms with Gasteiger partial charge in [-0.3, -0.25) is 0 Å². The molecule has 80 valence electrons. The van der Waals surface area contributed by atoms with E-state index in [0.29, 0.717) is 11.0 Å². The van der Waals surface area contributed by atoms with Gasteiger partial charge in [0, 0.05) is 11.5 Å². The van der Waals surface area contributed by atoms with E-state index >= 15 is 0 Å². The van der Waals surface area contributed by atoms with Gasteiger partial charge in [0.15, 0.2) is 0 Å². The van der Waals surface area contributed by atoms with Crippen LogP contribution in [0.4, 0.5) is 5.00 Å². The molecule has 0 bridgehead atoms. The number of hydrazine groups is 1. The smallest absolute Gasteiger partial charge is 0.256 e. The second-order valence-electron chi connectivity index (χ2n) is 2.74. The van der Waals surface area contributed by atoms with Crippen molar-refractivity contribution in [3.63, 3.8) is 0 Å². The van der Waals surface area contributed by atoms with Gasteiger partial charge in [-0.1, -0.05) is 16.3 Å². The molecule has 0 spiro atoms. The molecule has 0 atom stereocenters. The lowest BCUT2D eigenvalue weighted by molar-refractivity contribution is 0.454. The Labute approximate surface area is 94.4 Å². The summed E-state index contributed by atoms with van der Waals surface area (Å²) in [7, 11) is 0. The third-order valence-corrected chi connectivity index (χ3v) is 3.17. The standard InChI is InChI=1S/C7H9N5OS2/c1-4-2-13-7(9-4)14-3-5-6(10-8)15-12-11-5/h2,10H,3,8H2,1H3. The molecule has 3 N–H and O–H groups in total. The van der Waals surface area contributed by atoms with E-state index in [1.165, 1.54) is 23.3 Å². The average Bonchev–Trinajstić information content (AvgIpc) is 2.83. The number of aromatic nitrogens is 3. The van der Waals surface area contributed by atoms with Crippen LogP contribution in [0.15, 0.2) is 15.9 Å². The Bertz CT molecular complexity index is 440. The quantitative estimate of drug-likeness (QED) is 0.476. The van der Waals surface area contributed by atoms with E-state index in [0.717, 1.165) is 16.4 Å². The van der Waals surface area contributed by atoms with Crippen LogP contribution in [-0.4, -0.2) is 14.6 Å². The summed E-state index contributed by atoms with van der Waals surface area (Å²) in [6, 6.07) is 0. The molecule has 8 heteroatoms. The average molecular weight is 243 g/mol. The van der Waals surface area contributed by atoms with Crippen molar-refractivity contribution < 1.29 is 4.42 Å². The first-order valence-electron chi connectivity index (χ1n) is 4.12. The van der Waals surface area contributed by atoms with Gasteiger partial charge in [-0.25, -0.2) is 10.8 Å². The first kappa shape index (κ1) is 10.4. The summed E-state index contributed by atoms with van der Waals surface area (Å²) in [5.74, 6) is 5.94. The SMILES string of the molecule is Cc1coc(SCc2nnsc2NN)n1. The third-order valence-electron chi connectivity index (χ3n) is 1.62. The lowest BCUT2D eigenvalue weighted by Gasteiger charge is -1.96. The minimum absolute atomic E-state index is 0.628. The molecule has 2 aromatic heterocycles. The van der Waals surface area contributed by atoms with Crippen molar-refractivity contribution in [1.82, 2.24) is 14.6 Å². The molecule has 0 radical (unpaired) electrons. The van der Waals surface area contributed by atoms with Crippen molar-refractivity contribution in [3.8, 4) is 0 Å². The number of aryl methyl sites for hydroxylation is 1. The first-order chi connectivity index (χ1) is 7.29. The van der Waals surface area contributed by atoms with Crippen molar-refractivity contribution in [2.24, 2.45) is 5.84 Å². The highest BCUT2D eigenvalue weighted by Gasteiger charge is 2.09. The van der Waals surface area contributed by atoms with E-state index in [2.05, 4.69) is 20.0 Å². The Morgan fingerprint density at radius 1 is 1.67 bits per heavy atom. The summed E-state index contributed by atoms with van der Waals surface area (Å²) in [4.78, 5) is 4.17. The van der Waals surface area contributed by atoms with Gasteiger partial charge in [-0.15, -0.1) is 5.10 Å². The maximum Gasteiger partial charge on any atom is 0.256 e. The van der Waals surface area contributed by atoms with Gasteiger partial charge in [-0.05, 0) is 6.92 Å². The van der Waals surface area contributed by atoms with Crippen LogP contribution in [0.5, 0.6) is 0 Å². The first-order valence-corrected chi connectivity index (χ1v) is 5.88. The Morgan fingerprint density at radius 3 is 3.20 bits per heavy atom. The number of rotatable bonds is 4. The zero-order valence-electron chi connectivity index (χ0n) is 7.93. The molecule has 2 rings (SSSR count). The summed E-state index contributed by atoms with van der Waals surface area (Å²) < 4.78 is 8.99. The largest absolute Gasteiger partial charge is 0.440 e. The molecule has 0 saturated heterocycles. The third kappa shape index (κ3) is 2.46. The zero-order chi connectivity index (χ0) is 10.7. The highest BCUT2D eigenvalue weighted by atomic mass is 32.2. The number of anilines is 1. The van der Waals surface area contributed by atoms with Crippen molar-refractivity contribution in [2.75, 3.05) is 5.43 Å². The number of oxazole rings is 1.